The fourth-order valence-electron chi connectivity index (χ4n) is 3.29. The Morgan fingerprint density at radius 2 is 2.11 bits per heavy atom. The summed E-state index contributed by atoms with van der Waals surface area (Å²) in [7, 11) is 0. The predicted molar refractivity (Wildman–Crippen MR) is 103 cm³/mol. The third kappa shape index (κ3) is 5.59. The van der Waals surface area contributed by atoms with Gasteiger partial charge in [0.1, 0.15) is 5.75 Å². The quantitative estimate of drug-likeness (QED) is 0.735. The molecule has 0 bridgehead atoms. The summed E-state index contributed by atoms with van der Waals surface area (Å²) in [5, 5.41) is 10.2. The number of nitrogens with one attached hydrogen (secondary N) is 1. The average molecular weight is 413 g/mol. The van der Waals surface area contributed by atoms with Gasteiger partial charge in [-0.05, 0) is 38.0 Å². The number of hydrogen-bond acceptors (Lipinski definition) is 5. The number of piperidine rings is 1. The Balaban J connectivity index is 0.000000878. The van der Waals surface area contributed by atoms with Gasteiger partial charge in [-0.25, -0.2) is 0 Å². The van der Waals surface area contributed by atoms with Gasteiger partial charge in [0.05, 0.1) is 23.8 Å². The maximum Gasteiger partial charge on any atom is 0.290 e. The molecule has 0 aliphatic carbocycles. The normalized spacial score (nSPS) is 18.4. The zero-order chi connectivity index (χ0) is 20.6. The van der Waals surface area contributed by atoms with Crippen LogP contribution < -0.4 is 10.1 Å². The lowest BCUT2D eigenvalue weighted by Crippen LogP contribution is -2.52. The van der Waals surface area contributed by atoms with Gasteiger partial charge in [-0.1, -0.05) is 11.6 Å². The Labute approximate surface area is 168 Å². The van der Waals surface area contributed by atoms with Crippen LogP contribution in [-0.2, 0) is 14.3 Å². The van der Waals surface area contributed by atoms with E-state index in [1.165, 1.54) is 0 Å². The highest BCUT2D eigenvalue weighted by Crippen LogP contribution is 2.30. The smallest absolute Gasteiger partial charge is 0.290 e. The zero-order valence-corrected chi connectivity index (χ0v) is 16.5. The van der Waals surface area contributed by atoms with Gasteiger partial charge in [0.2, 0.25) is 5.91 Å². The topological polar surface area (TPSA) is 105 Å². The van der Waals surface area contributed by atoms with Crippen LogP contribution in [0.4, 0.5) is 0 Å². The first-order chi connectivity index (χ1) is 13.4. The van der Waals surface area contributed by atoms with Gasteiger partial charge in [0, 0.05) is 31.6 Å². The first-order valence-electron chi connectivity index (χ1n) is 9.15. The summed E-state index contributed by atoms with van der Waals surface area (Å²) in [4.78, 5) is 34.4. The molecular weight excluding hydrogens is 388 g/mol. The molecule has 0 unspecified atom stereocenters. The lowest BCUT2D eigenvalue weighted by atomic mass is 9.90. The first-order valence-corrected chi connectivity index (χ1v) is 9.52. The van der Waals surface area contributed by atoms with Gasteiger partial charge in [0.15, 0.2) is 0 Å². The van der Waals surface area contributed by atoms with Gasteiger partial charge in [-0.3, -0.25) is 14.4 Å². The van der Waals surface area contributed by atoms with Gasteiger partial charge in [-0.15, -0.1) is 0 Å². The standard InChI is InChI=1S/C18H23ClN2O4.CH2O2/c1-2-24-15-4-3-13(11-14(15)19)17(23)21-8-6-18(7-9-21)12-20-16(22)5-10-25-18;2-1-3/h3-4,11H,2,5-10,12H2,1H3,(H,20,22);1H,(H,2,3). The van der Waals surface area contributed by atoms with Gasteiger partial charge >= 0.3 is 0 Å². The molecule has 2 saturated heterocycles. The highest BCUT2D eigenvalue weighted by Gasteiger charge is 2.38. The number of amides is 2. The lowest BCUT2D eigenvalue weighted by Gasteiger charge is -2.40. The van der Waals surface area contributed by atoms with E-state index in [-0.39, 0.29) is 23.9 Å². The molecule has 1 aromatic rings. The second-order valence-electron chi connectivity index (χ2n) is 6.53. The molecule has 28 heavy (non-hydrogen) atoms. The second-order valence-corrected chi connectivity index (χ2v) is 6.94. The summed E-state index contributed by atoms with van der Waals surface area (Å²) in [6, 6.07) is 5.13. The molecule has 0 radical (unpaired) electrons. The summed E-state index contributed by atoms with van der Waals surface area (Å²) in [5.41, 5.74) is 0.207. The van der Waals surface area contributed by atoms with Crippen molar-refractivity contribution in [2.75, 3.05) is 32.8 Å². The number of rotatable bonds is 3. The van der Waals surface area contributed by atoms with Crippen molar-refractivity contribution in [3.8, 4) is 5.75 Å². The Kier molecular flexibility index (Phi) is 8.07. The lowest BCUT2D eigenvalue weighted by molar-refractivity contribution is -0.123. The van der Waals surface area contributed by atoms with Crippen LogP contribution in [0, 0.1) is 0 Å². The maximum atomic E-state index is 12.7. The van der Waals surface area contributed by atoms with E-state index in [0.717, 1.165) is 0 Å². The minimum Gasteiger partial charge on any atom is -0.492 e. The highest BCUT2D eigenvalue weighted by atomic mass is 35.5. The monoisotopic (exact) mass is 412 g/mol. The molecule has 2 heterocycles. The van der Waals surface area contributed by atoms with Crippen molar-refractivity contribution >= 4 is 29.9 Å². The second kappa shape index (κ2) is 10.3. The van der Waals surface area contributed by atoms with Crippen molar-refractivity contribution in [2.24, 2.45) is 0 Å². The largest absolute Gasteiger partial charge is 0.492 e. The number of benzene rings is 1. The van der Waals surface area contributed by atoms with E-state index in [4.69, 9.17) is 31.0 Å². The van der Waals surface area contributed by atoms with Crippen LogP contribution in [0.5, 0.6) is 5.75 Å². The summed E-state index contributed by atoms with van der Waals surface area (Å²) in [6.07, 6.45) is 1.82. The van der Waals surface area contributed by atoms with Crippen LogP contribution in [0.2, 0.25) is 5.02 Å². The molecular formula is C19H25ClN2O6. The molecule has 9 heteroatoms. The summed E-state index contributed by atoms with van der Waals surface area (Å²) < 4.78 is 11.3. The van der Waals surface area contributed by atoms with Crippen molar-refractivity contribution in [2.45, 2.75) is 31.8 Å². The Bertz CT molecular complexity index is 704. The van der Waals surface area contributed by atoms with Crippen LogP contribution in [-0.4, -0.2) is 66.7 Å². The number of nitrogens with zero attached hydrogens (tertiary/aromatic N) is 1. The molecule has 0 atom stereocenters. The third-order valence-electron chi connectivity index (χ3n) is 4.79. The number of hydrogen-bond donors (Lipinski definition) is 2. The van der Waals surface area contributed by atoms with Crippen molar-refractivity contribution in [1.82, 2.24) is 10.2 Å². The number of halogens is 1. The fourth-order valence-corrected chi connectivity index (χ4v) is 3.52. The number of carbonyl (C=O) groups excluding carboxylic acids is 2. The Morgan fingerprint density at radius 3 is 2.71 bits per heavy atom. The van der Waals surface area contributed by atoms with E-state index in [2.05, 4.69) is 5.32 Å². The molecule has 154 valence electrons. The Hall–Kier alpha value is -2.32. The summed E-state index contributed by atoms with van der Waals surface area (Å²) in [6.45, 7) is 4.31. The van der Waals surface area contributed by atoms with Crippen LogP contribution in [0.15, 0.2) is 18.2 Å². The van der Waals surface area contributed by atoms with E-state index >= 15 is 0 Å². The molecule has 0 saturated carbocycles. The summed E-state index contributed by atoms with van der Waals surface area (Å²) >= 11 is 6.18. The molecule has 0 aromatic heterocycles. The molecule has 1 aromatic carbocycles. The molecule has 2 fully saturated rings. The van der Waals surface area contributed by atoms with Crippen LogP contribution in [0.25, 0.3) is 0 Å². The first kappa shape index (κ1) is 22.0. The number of carboxylic acid groups (broad SMARTS) is 1. The summed E-state index contributed by atoms with van der Waals surface area (Å²) in [5.74, 6) is 0.567. The van der Waals surface area contributed by atoms with E-state index < -0.39 is 0 Å². The van der Waals surface area contributed by atoms with E-state index in [1.807, 2.05) is 11.8 Å². The van der Waals surface area contributed by atoms with E-state index in [0.29, 0.717) is 68.4 Å². The molecule has 8 nitrogen and oxygen atoms in total. The van der Waals surface area contributed by atoms with Crippen LogP contribution in [0.1, 0.15) is 36.5 Å². The average Bonchev–Trinajstić information content (AvgIpc) is 2.86. The van der Waals surface area contributed by atoms with Crippen molar-refractivity contribution < 1.29 is 29.0 Å². The highest BCUT2D eigenvalue weighted by molar-refractivity contribution is 6.32. The number of likely N-dealkylation sites (tertiary alicyclic amines) is 1. The van der Waals surface area contributed by atoms with Crippen molar-refractivity contribution in [3.63, 3.8) is 0 Å². The predicted octanol–water partition coefficient (Wildman–Crippen LogP) is 1.95. The van der Waals surface area contributed by atoms with Crippen molar-refractivity contribution in [3.05, 3.63) is 28.8 Å². The minimum atomic E-state index is -0.348. The fraction of sp³-hybridized carbons (Fsp3) is 0.526. The van der Waals surface area contributed by atoms with Gasteiger partial charge in [-0.2, -0.15) is 0 Å². The SMILES string of the molecule is CCOc1ccc(C(=O)N2CCC3(CC2)CNC(=O)CCO3)cc1Cl.O=CO. The van der Waals surface area contributed by atoms with Crippen molar-refractivity contribution in [1.29, 1.82) is 0 Å². The van der Waals surface area contributed by atoms with Gasteiger partial charge < -0.3 is 24.8 Å². The third-order valence-corrected chi connectivity index (χ3v) is 5.08. The Morgan fingerprint density at radius 1 is 1.43 bits per heavy atom. The zero-order valence-electron chi connectivity index (χ0n) is 15.8. The molecule has 2 aliphatic rings. The molecule has 2 aliphatic heterocycles. The van der Waals surface area contributed by atoms with Crippen LogP contribution in [0.3, 0.4) is 0 Å². The maximum absolute atomic E-state index is 12.7. The molecule has 2 amide bonds. The number of ether oxygens (including phenoxy) is 2. The van der Waals surface area contributed by atoms with E-state index in [1.54, 1.807) is 18.2 Å². The van der Waals surface area contributed by atoms with E-state index in [9.17, 15) is 9.59 Å². The van der Waals surface area contributed by atoms with Crippen LogP contribution >= 0.6 is 11.6 Å². The molecule has 3 rings (SSSR count). The molecule has 2 N–H and O–H groups in total. The van der Waals surface area contributed by atoms with Gasteiger partial charge in [0.25, 0.3) is 12.4 Å². The minimum absolute atomic E-state index is 0.0272. The molecule has 1 spiro atoms. The number of carbonyl (C=O) groups is 3.